The van der Waals surface area contributed by atoms with Crippen molar-refractivity contribution in [1.29, 1.82) is 0 Å². The fourth-order valence-corrected chi connectivity index (χ4v) is 12.3. The Labute approximate surface area is 143 Å². The number of hydrogen-bond acceptors (Lipinski definition) is 0. The molecule has 2 fully saturated rings. The molecule has 0 aromatic heterocycles. The summed E-state index contributed by atoms with van der Waals surface area (Å²) >= 11 is 0. The summed E-state index contributed by atoms with van der Waals surface area (Å²) in [5.41, 5.74) is 3.58. The normalized spacial score (nSPS) is 27.7. The van der Waals surface area contributed by atoms with Crippen LogP contribution in [0.3, 0.4) is 0 Å². The molecule has 2 saturated carbocycles. The molecular weight excluding hydrogens is 297 g/mol. The molecule has 0 unspecified atom stereocenters. The summed E-state index contributed by atoms with van der Waals surface area (Å²) in [5, 5.41) is 1.80. The van der Waals surface area contributed by atoms with Gasteiger partial charge in [-0.1, -0.05) is 25.0 Å². The molecule has 4 rings (SSSR count). The fraction of sp³-hybridized carbons (Fsp3) is 0.667. The molecule has 3 aliphatic rings. The van der Waals surface area contributed by atoms with Crippen molar-refractivity contribution in [2.45, 2.75) is 75.5 Å². The van der Waals surface area contributed by atoms with Gasteiger partial charge in [-0.3, -0.25) is 0 Å². The van der Waals surface area contributed by atoms with E-state index in [1.165, 1.54) is 64.2 Å². The Bertz CT molecular complexity index is 535. The molecule has 2 heteroatoms. The van der Waals surface area contributed by atoms with Crippen LogP contribution < -0.4 is 9.79 Å². The summed E-state index contributed by atoms with van der Waals surface area (Å²) in [6.07, 6.45) is 17.7. The minimum Gasteiger partial charge on any atom is -0.391 e. The number of hydrogen-bond donors (Lipinski definition) is 0. The molecule has 1 nitrogen and oxygen atoms in total. The van der Waals surface area contributed by atoms with E-state index in [1.54, 1.807) is 11.0 Å². The van der Waals surface area contributed by atoms with Crippen LogP contribution in [0.15, 0.2) is 24.3 Å². The Hall–Kier alpha value is -0.390. The molecule has 2 aliphatic carbocycles. The first-order valence-corrected chi connectivity index (χ1v) is 11.8. The quantitative estimate of drug-likeness (QED) is 0.371. The minimum atomic E-state index is -1.16. The zero-order valence-electron chi connectivity index (χ0n) is 15.0. The van der Waals surface area contributed by atoms with Gasteiger partial charge >= 0.3 is 0 Å². The maximum Gasteiger partial charge on any atom is 0.149 e. The van der Waals surface area contributed by atoms with Gasteiger partial charge in [-0.05, 0) is 64.7 Å². The van der Waals surface area contributed by atoms with Crippen LogP contribution in [-0.4, -0.2) is 25.4 Å². The molecule has 0 N–H and O–H groups in total. The predicted octanol–water partition coefficient (Wildman–Crippen LogP) is 5.69. The molecule has 126 valence electrons. The monoisotopic (exact) mass is 330 g/mol. The highest BCUT2D eigenvalue weighted by Crippen LogP contribution is 2.78. The molecule has 23 heavy (non-hydrogen) atoms. The van der Waals surface area contributed by atoms with Crippen molar-refractivity contribution in [3.63, 3.8) is 0 Å². The highest BCUT2D eigenvalue weighted by Gasteiger charge is 2.57. The summed E-state index contributed by atoms with van der Waals surface area (Å²) in [6.45, 7) is 0. The Kier molecular flexibility index (Phi) is 4.31. The predicted molar refractivity (Wildman–Crippen MR) is 105 cm³/mol. The Morgan fingerprint density at radius 1 is 0.826 bits per heavy atom. The molecule has 0 radical (unpaired) electrons. The first-order chi connectivity index (χ1) is 11.1. The van der Waals surface area contributed by atoms with Gasteiger partial charge in [-0.25, -0.2) is 0 Å². The van der Waals surface area contributed by atoms with Gasteiger partial charge in [0.1, 0.15) is 11.0 Å². The topological polar surface area (TPSA) is 0 Å². The molecule has 1 heterocycles. The van der Waals surface area contributed by atoms with Gasteiger partial charge in [0.15, 0.2) is 0 Å². The largest absolute Gasteiger partial charge is 0.391 e. The number of benzene rings is 1. The number of para-hydroxylation sites is 1. The van der Waals surface area contributed by atoms with Crippen LogP contribution in [0.4, 0.5) is 5.69 Å². The van der Waals surface area contributed by atoms with Crippen molar-refractivity contribution in [2.24, 2.45) is 0 Å². The zero-order chi connectivity index (χ0) is 15.9. The molecule has 1 aromatic rings. The summed E-state index contributed by atoms with van der Waals surface area (Å²) in [4.78, 5) is 0. The van der Waals surface area contributed by atoms with Crippen LogP contribution in [0.5, 0.6) is 0 Å². The molecule has 1 aliphatic heterocycles. The second-order valence-electron chi connectivity index (χ2n) is 8.56. The van der Waals surface area contributed by atoms with Crippen molar-refractivity contribution < 1.29 is 0 Å². The molecule has 0 spiro atoms. The Morgan fingerprint density at radius 2 is 1.35 bits per heavy atom. The average molecular weight is 330 g/mol. The number of fused-ring (bicyclic) bond motifs is 1. The lowest BCUT2D eigenvalue weighted by Crippen LogP contribution is -2.37. The molecule has 1 aromatic carbocycles. The number of nitrogens with zero attached hydrogens (tertiary/aromatic N) is 1. The van der Waals surface area contributed by atoms with Crippen LogP contribution in [0, 0.1) is 6.29 Å². The highest BCUT2D eigenvalue weighted by molar-refractivity contribution is 7.86. The highest BCUT2D eigenvalue weighted by atomic mass is 31.2. The lowest BCUT2D eigenvalue weighted by atomic mass is 9.99. The van der Waals surface area contributed by atoms with Gasteiger partial charge in [0.2, 0.25) is 0 Å². The van der Waals surface area contributed by atoms with Crippen LogP contribution in [-0.2, 0) is 0 Å². The SMILES string of the molecule is C[N+]1(C)[CH-][P+](C2CCCCC2)(C2CCCCC2)c2ccccc21. The fourth-order valence-electron chi connectivity index (χ4n) is 5.78. The molecule has 0 saturated heterocycles. The van der Waals surface area contributed by atoms with Crippen LogP contribution in [0.2, 0.25) is 0 Å². The second kappa shape index (κ2) is 6.16. The van der Waals surface area contributed by atoms with E-state index >= 15 is 0 Å². The van der Waals surface area contributed by atoms with Crippen molar-refractivity contribution in [1.82, 2.24) is 4.48 Å². The summed E-state index contributed by atoms with van der Waals surface area (Å²) in [7, 11) is 3.68. The maximum atomic E-state index is 2.88. The van der Waals surface area contributed by atoms with E-state index in [9.17, 15) is 0 Å². The summed E-state index contributed by atoms with van der Waals surface area (Å²) in [6, 6.07) is 9.52. The van der Waals surface area contributed by atoms with E-state index in [0.717, 1.165) is 15.8 Å². The third-order valence-electron chi connectivity index (χ3n) is 6.76. The Balaban J connectivity index is 1.83. The third-order valence-corrected chi connectivity index (χ3v) is 12.4. The van der Waals surface area contributed by atoms with Gasteiger partial charge < -0.3 is 4.48 Å². The van der Waals surface area contributed by atoms with E-state index in [4.69, 9.17) is 0 Å². The van der Waals surface area contributed by atoms with Crippen LogP contribution in [0.25, 0.3) is 0 Å². The van der Waals surface area contributed by atoms with Crippen molar-refractivity contribution in [3.05, 3.63) is 30.6 Å². The molecule has 0 bridgehead atoms. The van der Waals surface area contributed by atoms with Gasteiger partial charge in [0.25, 0.3) is 0 Å². The maximum absolute atomic E-state index is 2.88. The van der Waals surface area contributed by atoms with Crippen molar-refractivity contribution in [2.75, 3.05) is 14.1 Å². The first kappa shape index (κ1) is 16.1. The molecule has 0 atom stereocenters. The number of rotatable bonds is 2. The molecule has 0 amide bonds. The van der Waals surface area contributed by atoms with Crippen LogP contribution >= 0.6 is 7.26 Å². The van der Waals surface area contributed by atoms with Gasteiger partial charge in [0.05, 0.1) is 25.4 Å². The average Bonchev–Trinajstić information content (AvgIpc) is 2.86. The van der Waals surface area contributed by atoms with E-state index in [2.05, 4.69) is 44.6 Å². The summed E-state index contributed by atoms with van der Waals surface area (Å²) in [5.74, 6) is 0. The second-order valence-corrected chi connectivity index (χ2v) is 12.4. The van der Waals surface area contributed by atoms with Gasteiger partial charge in [-0.15, -0.1) is 0 Å². The smallest absolute Gasteiger partial charge is 0.149 e. The lowest BCUT2D eigenvalue weighted by Gasteiger charge is -2.46. The van der Waals surface area contributed by atoms with E-state index in [1.807, 2.05) is 0 Å². The van der Waals surface area contributed by atoms with E-state index in [-0.39, 0.29) is 0 Å². The standard InChI is InChI=1S/C21H33NP/c1-22(2)17-23(18-11-5-3-6-12-18,19-13-7-4-8-14-19)21-16-10-9-15-20(21)22/h9-10,15-19H,3-8,11-14H2,1-2H3/q+1. The first-order valence-electron chi connectivity index (χ1n) is 9.83. The lowest BCUT2D eigenvalue weighted by molar-refractivity contribution is 0.473. The third kappa shape index (κ3) is 2.59. The number of quaternary nitrogens is 1. The Morgan fingerprint density at radius 3 is 1.91 bits per heavy atom. The summed E-state index contributed by atoms with van der Waals surface area (Å²) < 4.78 is 1.02. The van der Waals surface area contributed by atoms with Crippen molar-refractivity contribution >= 4 is 18.3 Å². The minimum absolute atomic E-state index is 0.986. The van der Waals surface area contributed by atoms with Crippen LogP contribution in [0.1, 0.15) is 64.2 Å². The van der Waals surface area contributed by atoms with Gasteiger partial charge in [-0.2, -0.15) is 0 Å². The van der Waals surface area contributed by atoms with E-state index in [0.29, 0.717) is 0 Å². The van der Waals surface area contributed by atoms with E-state index < -0.39 is 7.26 Å². The van der Waals surface area contributed by atoms with Crippen molar-refractivity contribution in [3.8, 4) is 0 Å². The zero-order valence-corrected chi connectivity index (χ0v) is 15.9. The van der Waals surface area contributed by atoms with Gasteiger partial charge in [0, 0.05) is 12.4 Å². The molecular formula is C21H33NP+.